The second-order valence-corrected chi connectivity index (χ2v) is 7.79. The number of hydrogen-bond acceptors (Lipinski definition) is 5. The Labute approximate surface area is 192 Å². The molecule has 8 heteroatoms. The van der Waals surface area contributed by atoms with Crippen LogP contribution in [0, 0.1) is 18.6 Å². The molecule has 0 atom stereocenters. The van der Waals surface area contributed by atoms with Crippen molar-refractivity contribution in [1.29, 1.82) is 0 Å². The van der Waals surface area contributed by atoms with Gasteiger partial charge in [0.15, 0.2) is 6.29 Å². The molecular weight excluding hydrogens is 426 g/mol. The number of amides is 1. The number of rotatable bonds is 6. The van der Waals surface area contributed by atoms with Crippen LogP contribution in [0.1, 0.15) is 35.3 Å². The summed E-state index contributed by atoms with van der Waals surface area (Å²) in [6, 6.07) is 10.5. The number of benzene rings is 2. The number of pyridine rings is 1. The lowest BCUT2D eigenvalue weighted by atomic mass is 10.00. The molecular formula is C25H28F2N4O2. The van der Waals surface area contributed by atoms with Crippen LogP contribution in [0.4, 0.5) is 20.3 Å². The molecule has 0 fully saturated rings. The maximum absolute atomic E-state index is 13.2. The summed E-state index contributed by atoms with van der Waals surface area (Å²) in [6.45, 7) is 6.07. The molecule has 0 saturated heterocycles. The van der Waals surface area contributed by atoms with Crippen molar-refractivity contribution in [2.75, 3.05) is 18.1 Å². The molecule has 0 aliphatic rings. The molecule has 33 heavy (non-hydrogen) atoms. The molecule has 174 valence electrons. The van der Waals surface area contributed by atoms with Crippen LogP contribution < -0.4 is 16.4 Å². The van der Waals surface area contributed by atoms with Crippen LogP contribution in [0.15, 0.2) is 48.7 Å². The van der Waals surface area contributed by atoms with Crippen LogP contribution >= 0.6 is 0 Å². The molecule has 0 saturated carbocycles. The summed E-state index contributed by atoms with van der Waals surface area (Å²) in [5.74, 6) is -1.69. The van der Waals surface area contributed by atoms with E-state index in [0.29, 0.717) is 23.6 Å². The normalized spacial score (nSPS) is 10.4. The zero-order valence-corrected chi connectivity index (χ0v) is 19.1. The van der Waals surface area contributed by atoms with Gasteiger partial charge in [-0.05, 0) is 61.0 Å². The van der Waals surface area contributed by atoms with Crippen molar-refractivity contribution in [2.24, 2.45) is 0 Å². The van der Waals surface area contributed by atoms with Crippen LogP contribution in [0.3, 0.4) is 0 Å². The van der Waals surface area contributed by atoms with E-state index >= 15 is 0 Å². The zero-order valence-electron chi connectivity index (χ0n) is 19.1. The molecule has 0 bridgehead atoms. The molecule has 0 aliphatic heterocycles. The number of halogens is 2. The molecule has 3 aromatic rings. The molecule has 1 amide bonds. The van der Waals surface area contributed by atoms with Crippen LogP contribution in [-0.2, 0) is 11.2 Å². The third-order valence-electron chi connectivity index (χ3n) is 4.76. The summed E-state index contributed by atoms with van der Waals surface area (Å²) in [5, 5.41) is 5.73. The largest absolute Gasteiger partial charge is 0.383 e. The Morgan fingerprint density at radius 3 is 2.30 bits per heavy atom. The molecule has 0 unspecified atom stereocenters. The van der Waals surface area contributed by atoms with E-state index < -0.39 is 17.5 Å². The van der Waals surface area contributed by atoms with Crippen molar-refractivity contribution in [3.63, 3.8) is 0 Å². The van der Waals surface area contributed by atoms with Gasteiger partial charge >= 0.3 is 0 Å². The Morgan fingerprint density at radius 1 is 1.12 bits per heavy atom. The van der Waals surface area contributed by atoms with E-state index in [1.165, 1.54) is 0 Å². The predicted octanol–water partition coefficient (Wildman–Crippen LogP) is 4.53. The summed E-state index contributed by atoms with van der Waals surface area (Å²) >= 11 is 0. The van der Waals surface area contributed by atoms with Crippen molar-refractivity contribution < 1.29 is 18.4 Å². The lowest BCUT2D eigenvalue weighted by molar-refractivity contribution is -0.115. The van der Waals surface area contributed by atoms with E-state index in [0.717, 1.165) is 34.9 Å². The van der Waals surface area contributed by atoms with E-state index in [4.69, 9.17) is 5.73 Å². The van der Waals surface area contributed by atoms with Crippen LogP contribution in [0.5, 0.6) is 0 Å². The van der Waals surface area contributed by atoms with Gasteiger partial charge in [-0.25, -0.2) is 13.8 Å². The number of hydrogen-bond donors (Lipinski definition) is 3. The third kappa shape index (κ3) is 7.76. The predicted molar refractivity (Wildman–Crippen MR) is 127 cm³/mol. The number of nitrogens with zero attached hydrogens (tertiary/aromatic N) is 1. The first-order chi connectivity index (χ1) is 15.6. The van der Waals surface area contributed by atoms with Gasteiger partial charge in [0.05, 0.1) is 12.0 Å². The lowest BCUT2D eigenvalue weighted by Gasteiger charge is -2.11. The highest BCUT2D eigenvalue weighted by Gasteiger charge is 2.10. The highest BCUT2D eigenvalue weighted by molar-refractivity contribution is 5.93. The molecule has 0 spiro atoms. The maximum Gasteiger partial charge on any atom is 0.228 e. The number of anilines is 2. The summed E-state index contributed by atoms with van der Waals surface area (Å²) in [6.07, 6.45) is 2.06. The number of nitrogens with one attached hydrogen (secondary N) is 2. The summed E-state index contributed by atoms with van der Waals surface area (Å²) in [4.78, 5) is 27.2. The summed E-state index contributed by atoms with van der Waals surface area (Å²) in [5.41, 5.74) is 9.14. The van der Waals surface area contributed by atoms with Gasteiger partial charge < -0.3 is 16.4 Å². The highest BCUT2D eigenvalue weighted by atomic mass is 19.1. The number of aryl methyl sites for hydroxylation is 1. The smallest absolute Gasteiger partial charge is 0.228 e. The highest BCUT2D eigenvalue weighted by Crippen LogP contribution is 2.27. The molecule has 1 aromatic heterocycles. The van der Waals surface area contributed by atoms with Crippen molar-refractivity contribution >= 4 is 23.7 Å². The molecule has 1 heterocycles. The Bertz CT molecular complexity index is 1110. The molecule has 0 radical (unpaired) electrons. The Balaban J connectivity index is 0.000000696. The zero-order chi connectivity index (χ0) is 24.5. The minimum atomic E-state index is -0.727. The second kappa shape index (κ2) is 11.8. The Hall–Kier alpha value is -3.65. The van der Waals surface area contributed by atoms with Crippen LogP contribution in [0.25, 0.3) is 11.1 Å². The van der Waals surface area contributed by atoms with Crippen molar-refractivity contribution in [3.05, 3.63) is 77.0 Å². The second-order valence-electron chi connectivity index (χ2n) is 7.79. The third-order valence-corrected chi connectivity index (χ3v) is 4.76. The molecule has 3 rings (SSSR count). The standard InChI is InChI=1S/C21H17F2N3O2.C4H11N/c1-12-4-18(26-20(28)7-13-5-16(22)9-17(23)6-13)2-3-19(12)14-8-15(11-27)21(24)25-10-14;1-4(2)5-3/h2-6,8-11H,7H2,1H3,(H2,24,25)(H,26,28);4-5H,1-3H3. The number of carbonyl (C=O) groups is 2. The van der Waals surface area contributed by atoms with Crippen molar-refractivity contribution in [1.82, 2.24) is 10.3 Å². The number of aldehydes is 1. The van der Waals surface area contributed by atoms with Gasteiger partial charge in [-0.15, -0.1) is 0 Å². The topological polar surface area (TPSA) is 97.1 Å². The maximum atomic E-state index is 13.2. The fourth-order valence-electron chi connectivity index (χ4n) is 2.90. The first-order valence-corrected chi connectivity index (χ1v) is 10.4. The van der Waals surface area contributed by atoms with E-state index in [2.05, 4.69) is 29.5 Å². The average molecular weight is 455 g/mol. The fraction of sp³-hybridized carbons (Fsp3) is 0.240. The van der Waals surface area contributed by atoms with Gasteiger partial charge in [-0.1, -0.05) is 19.9 Å². The summed E-state index contributed by atoms with van der Waals surface area (Å²) in [7, 11) is 1.95. The quantitative estimate of drug-likeness (QED) is 0.476. The fourth-order valence-corrected chi connectivity index (χ4v) is 2.90. The first kappa shape index (κ1) is 25.6. The van der Waals surface area contributed by atoms with Crippen LogP contribution in [0.2, 0.25) is 0 Å². The van der Waals surface area contributed by atoms with E-state index in [1.807, 2.05) is 14.0 Å². The summed E-state index contributed by atoms with van der Waals surface area (Å²) < 4.78 is 26.5. The van der Waals surface area contributed by atoms with Gasteiger partial charge in [0.2, 0.25) is 5.91 Å². The Kier molecular flexibility index (Phi) is 9.18. The number of nitrogen functional groups attached to an aromatic ring is 1. The van der Waals surface area contributed by atoms with E-state index in [-0.39, 0.29) is 17.8 Å². The van der Waals surface area contributed by atoms with E-state index in [1.54, 1.807) is 30.5 Å². The molecule has 2 aromatic carbocycles. The minimum Gasteiger partial charge on any atom is -0.383 e. The molecule has 4 N–H and O–H groups in total. The van der Waals surface area contributed by atoms with Gasteiger partial charge in [0.1, 0.15) is 17.5 Å². The van der Waals surface area contributed by atoms with Crippen molar-refractivity contribution in [2.45, 2.75) is 33.2 Å². The molecule has 0 aliphatic carbocycles. The van der Waals surface area contributed by atoms with Crippen molar-refractivity contribution in [3.8, 4) is 11.1 Å². The minimum absolute atomic E-state index is 0.153. The first-order valence-electron chi connectivity index (χ1n) is 10.4. The average Bonchev–Trinajstić information content (AvgIpc) is 2.74. The van der Waals surface area contributed by atoms with E-state index in [9.17, 15) is 18.4 Å². The van der Waals surface area contributed by atoms with Gasteiger partial charge in [-0.2, -0.15) is 0 Å². The molecule has 6 nitrogen and oxygen atoms in total. The van der Waals surface area contributed by atoms with Gasteiger partial charge in [0.25, 0.3) is 0 Å². The number of aromatic nitrogens is 1. The Morgan fingerprint density at radius 2 is 1.76 bits per heavy atom. The van der Waals surface area contributed by atoms with Gasteiger partial charge in [-0.3, -0.25) is 9.59 Å². The van der Waals surface area contributed by atoms with Gasteiger partial charge in [0, 0.05) is 29.6 Å². The number of carbonyl (C=O) groups excluding carboxylic acids is 2. The van der Waals surface area contributed by atoms with Crippen LogP contribution in [-0.4, -0.2) is 30.3 Å². The SMILES string of the molecule is CNC(C)C.Cc1cc(NC(=O)Cc2cc(F)cc(F)c2)ccc1-c1cnc(N)c(C=O)c1. The lowest BCUT2D eigenvalue weighted by Crippen LogP contribution is -2.15. The monoisotopic (exact) mass is 454 g/mol. The number of nitrogens with two attached hydrogens (primary N) is 1.